The van der Waals surface area contributed by atoms with E-state index in [1.807, 2.05) is 24.3 Å². The first-order chi connectivity index (χ1) is 24.8. The fraction of sp³-hybridized carbons (Fsp3) is 0. The van der Waals surface area contributed by atoms with Gasteiger partial charge in [0.1, 0.15) is 0 Å². The Labute approximate surface area is 288 Å². The van der Waals surface area contributed by atoms with Crippen LogP contribution in [0.3, 0.4) is 0 Å². The minimum Gasteiger partial charge on any atom is -0.309 e. The largest absolute Gasteiger partial charge is 0.309 e. The second-order valence-corrected chi connectivity index (χ2v) is 12.5. The van der Waals surface area contributed by atoms with Gasteiger partial charge in [0, 0.05) is 32.7 Å². The van der Waals surface area contributed by atoms with Crippen molar-refractivity contribution in [2.45, 2.75) is 0 Å². The average molecular weight is 640 g/mol. The highest BCUT2D eigenvalue weighted by molar-refractivity contribution is 6.11. The lowest BCUT2D eigenvalue weighted by Crippen LogP contribution is -2.07. The van der Waals surface area contributed by atoms with Crippen LogP contribution < -0.4 is 0 Å². The van der Waals surface area contributed by atoms with Crippen molar-refractivity contribution in [1.29, 1.82) is 0 Å². The monoisotopic (exact) mass is 639 g/mol. The van der Waals surface area contributed by atoms with Gasteiger partial charge in [0.05, 0.1) is 27.8 Å². The van der Waals surface area contributed by atoms with Crippen molar-refractivity contribution in [2.24, 2.45) is 0 Å². The lowest BCUT2D eigenvalue weighted by molar-refractivity contribution is 0.952. The van der Waals surface area contributed by atoms with Gasteiger partial charge in [0.15, 0.2) is 11.6 Å². The van der Waals surface area contributed by atoms with Gasteiger partial charge in [-0.15, -0.1) is 0 Å². The Morgan fingerprint density at radius 2 is 0.820 bits per heavy atom. The summed E-state index contributed by atoms with van der Waals surface area (Å²) in [7, 11) is 0. The third-order valence-corrected chi connectivity index (χ3v) is 9.60. The van der Waals surface area contributed by atoms with Crippen molar-refractivity contribution in [3.63, 3.8) is 0 Å². The van der Waals surface area contributed by atoms with Crippen molar-refractivity contribution in [3.05, 3.63) is 176 Å². The lowest BCUT2D eigenvalue weighted by atomic mass is 10.0. The zero-order valence-corrected chi connectivity index (χ0v) is 27.0. The van der Waals surface area contributed by atoms with Crippen LogP contribution in [0.25, 0.3) is 89.2 Å². The van der Waals surface area contributed by atoms with Gasteiger partial charge in [-0.05, 0) is 47.5 Å². The molecular weight excluding hydrogens is 611 g/mol. The number of hydrogen-bond acceptors (Lipinski definition) is 3. The predicted octanol–water partition coefficient (Wildman–Crippen LogP) is 11.1. The van der Waals surface area contributed by atoms with Gasteiger partial charge in [0.25, 0.3) is 0 Å². The Morgan fingerprint density at radius 3 is 1.48 bits per heavy atom. The molecule has 5 nitrogen and oxygen atoms in total. The molecule has 0 amide bonds. The number of aromatic nitrogens is 5. The van der Waals surface area contributed by atoms with Gasteiger partial charge in [-0.3, -0.25) is 4.57 Å². The molecule has 0 atom stereocenters. The summed E-state index contributed by atoms with van der Waals surface area (Å²) in [6.07, 6.45) is 0. The Bertz CT molecular complexity index is 2810. The van der Waals surface area contributed by atoms with E-state index in [9.17, 15) is 0 Å². The van der Waals surface area contributed by atoms with Crippen LogP contribution in [-0.2, 0) is 0 Å². The number of para-hydroxylation sites is 4. The van der Waals surface area contributed by atoms with E-state index in [0.717, 1.165) is 60.8 Å². The van der Waals surface area contributed by atoms with Crippen molar-refractivity contribution < 1.29 is 0 Å². The van der Waals surface area contributed by atoms with Gasteiger partial charge < -0.3 is 4.57 Å². The summed E-state index contributed by atoms with van der Waals surface area (Å²) in [6.45, 7) is 0. The van der Waals surface area contributed by atoms with Gasteiger partial charge in [-0.25, -0.2) is 4.98 Å². The quantitative estimate of drug-likeness (QED) is 0.188. The van der Waals surface area contributed by atoms with Crippen molar-refractivity contribution in [1.82, 2.24) is 24.1 Å². The van der Waals surface area contributed by atoms with Gasteiger partial charge >= 0.3 is 0 Å². The van der Waals surface area contributed by atoms with Crippen molar-refractivity contribution in [2.75, 3.05) is 0 Å². The van der Waals surface area contributed by atoms with Crippen molar-refractivity contribution >= 4 is 43.6 Å². The van der Waals surface area contributed by atoms with Crippen LogP contribution in [0.1, 0.15) is 0 Å². The standard InChI is InChI=1S/C45H29N5/c1-3-15-30(16-4-1)32-27-28-36-35-21-9-13-25-40(35)50(42(36)29-32)45-47-43(31-17-5-2-6-18-31)46-44(48-45)37-22-10-14-26-41(37)49-38-23-11-7-19-33(38)34-20-8-12-24-39(34)49/h1-29H. The van der Waals surface area contributed by atoms with Crippen LogP contribution >= 0.6 is 0 Å². The second kappa shape index (κ2) is 11.4. The first-order valence-corrected chi connectivity index (χ1v) is 16.8. The third kappa shape index (κ3) is 4.45. The molecule has 7 aromatic carbocycles. The second-order valence-electron chi connectivity index (χ2n) is 12.5. The van der Waals surface area contributed by atoms with Gasteiger partial charge in [0.2, 0.25) is 5.95 Å². The number of fused-ring (bicyclic) bond motifs is 6. The Hall–Kier alpha value is -6.85. The van der Waals surface area contributed by atoms with Gasteiger partial charge in [-0.2, -0.15) is 9.97 Å². The molecule has 10 aromatic rings. The zero-order valence-electron chi connectivity index (χ0n) is 27.0. The van der Waals surface area contributed by atoms with Crippen LogP contribution in [0.5, 0.6) is 0 Å². The summed E-state index contributed by atoms with van der Waals surface area (Å²) >= 11 is 0. The van der Waals surface area contributed by atoms with E-state index in [4.69, 9.17) is 15.0 Å². The first-order valence-electron chi connectivity index (χ1n) is 16.8. The smallest absolute Gasteiger partial charge is 0.238 e. The zero-order chi connectivity index (χ0) is 33.0. The Balaban J connectivity index is 1.27. The highest BCUT2D eigenvalue weighted by atomic mass is 15.2. The number of rotatable bonds is 5. The SMILES string of the molecule is c1ccc(-c2ccc3c4ccccc4n(-c4nc(-c5ccccc5)nc(-c5ccccc5-n5c6ccccc6c6ccccc65)n4)c3c2)cc1. The molecule has 0 saturated heterocycles. The molecule has 0 bridgehead atoms. The maximum absolute atomic E-state index is 5.33. The number of nitrogens with zero attached hydrogens (tertiary/aromatic N) is 5. The molecule has 3 heterocycles. The first kappa shape index (κ1) is 28.2. The van der Waals surface area contributed by atoms with Crippen LogP contribution in [0.2, 0.25) is 0 Å². The normalized spacial score (nSPS) is 11.6. The molecule has 10 rings (SSSR count). The van der Waals surface area contributed by atoms with Crippen LogP contribution in [0.15, 0.2) is 176 Å². The molecule has 234 valence electrons. The summed E-state index contributed by atoms with van der Waals surface area (Å²) in [4.78, 5) is 15.7. The minimum absolute atomic E-state index is 0.572. The van der Waals surface area contributed by atoms with Crippen LogP contribution in [0.4, 0.5) is 0 Å². The lowest BCUT2D eigenvalue weighted by Gasteiger charge is -2.15. The van der Waals surface area contributed by atoms with Gasteiger partial charge in [-0.1, -0.05) is 140 Å². The van der Waals surface area contributed by atoms with Crippen molar-refractivity contribution in [3.8, 4) is 45.5 Å². The topological polar surface area (TPSA) is 48.5 Å². The van der Waals surface area contributed by atoms with Crippen LogP contribution in [0, 0.1) is 0 Å². The van der Waals surface area contributed by atoms with E-state index in [1.54, 1.807) is 0 Å². The predicted molar refractivity (Wildman–Crippen MR) is 205 cm³/mol. The molecular formula is C45H29N5. The Morgan fingerprint density at radius 1 is 0.320 bits per heavy atom. The highest BCUT2D eigenvalue weighted by Gasteiger charge is 2.21. The fourth-order valence-electron chi connectivity index (χ4n) is 7.34. The summed E-state index contributed by atoms with van der Waals surface area (Å²) in [5.41, 5.74) is 9.50. The highest BCUT2D eigenvalue weighted by Crippen LogP contribution is 2.38. The summed E-state index contributed by atoms with van der Waals surface area (Å²) in [5.74, 6) is 1.80. The summed E-state index contributed by atoms with van der Waals surface area (Å²) < 4.78 is 4.52. The van der Waals surface area contributed by atoms with E-state index in [1.165, 1.54) is 10.8 Å². The molecule has 0 saturated carbocycles. The molecule has 0 aliphatic carbocycles. The summed E-state index contributed by atoms with van der Waals surface area (Å²) in [6, 6.07) is 61.4. The molecule has 0 spiro atoms. The number of hydrogen-bond donors (Lipinski definition) is 0. The maximum Gasteiger partial charge on any atom is 0.238 e. The van der Waals surface area contributed by atoms with E-state index in [0.29, 0.717) is 17.6 Å². The molecule has 0 radical (unpaired) electrons. The molecule has 5 heteroatoms. The third-order valence-electron chi connectivity index (χ3n) is 9.60. The fourth-order valence-corrected chi connectivity index (χ4v) is 7.34. The molecule has 50 heavy (non-hydrogen) atoms. The Kier molecular flexibility index (Phi) is 6.42. The molecule has 0 N–H and O–H groups in total. The molecule has 0 aliphatic heterocycles. The van der Waals surface area contributed by atoms with E-state index < -0.39 is 0 Å². The number of benzene rings is 7. The molecule has 0 fully saturated rings. The molecule has 3 aromatic heterocycles. The average Bonchev–Trinajstić information content (AvgIpc) is 3.71. The van der Waals surface area contributed by atoms with Crippen LogP contribution in [-0.4, -0.2) is 24.1 Å². The molecule has 0 aliphatic rings. The maximum atomic E-state index is 5.33. The molecule has 0 unspecified atom stereocenters. The summed E-state index contributed by atoms with van der Waals surface area (Å²) in [5, 5.41) is 4.71. The van der Waals surface area contributed by atoms with E-state index in [2.05, 4.69) is 161 Å². The van der Waals surface area contributed by atoms with E-state index >= 15 is 0 Å². The minimum atomic E-state index is 0.572. The van der Waals surface area contributed by atoms with E-state index in [-0.39, 0.29) is 0 Å².